The van der Waals surface area contributed by atoms with Crippen LogP contribution in [0.25, 0.3) is 0 Å². The number of carbonyl (C=O) groups is 1. The minimum Gasteiger partial charge on any atom is -0.481 e. The fourth-order valence-corrected chi connectivity index (χ4v) is 2.81. The third-order valence-electron chi connectivity index (χ3n) is 4.04. The first kappa shape index (κ1) is 14.6. The quantitative estimate of drug-likeness (QED) is 0.926. The van der Waals surface area contributed by atoms with Crippen LogP contribution < -0.4 is 10.1 Å². The molecule has 0 spiro atoms. The Bertz CT molecular complexity index is 652. The summed E-state index contributed by atoms with van der Waals surface area (Å²) in [5.74, 6) is 0.639. The van der Waals surface area contributed by atoms with E-state index in [2.05, 4.69) is 17.4 Å². The molecule has 3 nitrogen and oxygen atoms in total. The smallest absolute Gasteiger partial charge is 0.265 e. The van der Waals surface area contributed by atoms with Crippen molar-refractivity contribution in [3.05, 3.63) is 59.7 Å². The van der Waals surface area contributed by atoms with Crippen LogP contribution in [0.2, 0.25) is 0 Å². The van der Waals surface area contributed by atoms with Gasteiger partial charge in [-0.25, -0.2) is 0 Å². The number of carbonyl (C=O) groups excluding carboxylic acids is 1. The zero-order chi connectivity index (χ0) is 15.4. The van der Waals surface area contributed by atoms with Gasteiger partial charge in [-0.1, -0.05) is 24.3 Å². The largest absolute Gasteiger partial charge is 0.481 e. The molecule has 22 heavy (non-hydrogen) atoms. The van der Waals surface area contributed by atoms with Crippen molar-refractivity contribution >= 4 is 11.6 Å². The Kier molecular flexibility index (Phi) is 4.42. The van der Waals surface area contributed by atoms with Gasteiger partial charge in [0, 0.05) is 5.69 Å². The molecular formula is C19H21NO2. The van der Waals surface area contributed by atoms with Gasteiger partial charge in [-0.2, -0.15) is 0 Å². The van der Waals surface area contributed by atoms with Crippen molar-refractivity contribution in [2.45, 2.75) is 38.7 Å². The minimum atomic E-state index is -0.526. The van der Waals surface area contributed by atoms with E-state index in [4.69, 9.17) is 4.74 Å². The molecule has 1 unspecified atom stereocenters. The monoisotopic (exact) mass is 295 g/mol. The molecule has 0 aliphatic heterocycles. The van der Waals surface area contributed by atoms with Gasteiger partial charge in [0.2, 0.25) is 0 Å². The lowest BCUT2D eigenvalue weighted by atomic mass is 9.92. The highest BCUT2D eigenvalue weighted by molar-refractivity contribution is 5.94. The van der Waals surface area contributed by atoms with Crippen molar-refractivity contribution in [1.29, 1.82) is 0 Å². The summed E-state index contributed by atoms with van der Waals surface area (Å²) < 4.78 is 5.80. The number of amides is 1. The van der Waals surface area contributed by atoms with Crippen molar-refractivity contribution in [3.8, 4) is 5.75 Å². The summed E-state index contributed by atoms with van der Waals surface area (Å²) >= 11 is 0. The number of aryl methyl sites for hydroxylation is 2. The van der Waals surface area contributed by atoms with Crippen molar-refractivity contribution in [2.24, 2.45) is 0 Å². The van der Waals surface area contributed by atoms with Gasteiger partial charge in [0.1, 0.15) is 5.75 Å². The number of rotatable bonds is 4. The van der Waals surface area contributed by atoms with Gasteiger partial charge in [0.15, 0.2) is 6.10 Å². The van der Waals surface area contributed by atoms with Crippen LogP contribution in [0.4, 0.5) is 5.69 Å². The molecule has 0 fully saturated rings. The average Bonchev–Trinajstić information content (AvgIpc) is 2.55. The van der Waals surface area contributed by atoms with Crippen LogP contribution in [0, 0.1) is 0 Å². The van der Waals surface area contributed by atoms with E-state index < -0.39 is 6.10 Å². The van der Waals surface area contributed by atoms with E-state index in [1.807, 2.05) is 36.4 Å². The van der Waals surface area contributed by atoms with Crippen LogP contribution in [0.1, 0.15) is 30.9 Å². The van der Waals surface area contributed by atoms with Crippen LogP contribution in [0.5, 0.6) is 5.75 Å². The highest BCUT2D eigenvalue weighted by Crippen LogP contribution is 2.26. The van der Waals surface area contributed by atoms with Crippen LogP contribution >= 0.6 is 0 Å². The summed E-state index contributed by atoms with van der Waals surface area (Å²) in [5.41, 5.74) is 3.56. The van der Waals surface area contributed by atoms with E-state index in [0.29, 0.717) is 0 Å². The standard InChI is InChI=1S/C19H21NO2/c1-14(19(21)20-17-9-3-2-4-10-17)22-18-12-11-15-7-5-6-8-16(15)13-18/h2-4,9-14H,5-8H2,1H3,(H,20,21). The first-order valence-electron chi connectivity index (χ1n) is 7.87. The van der Waals surface area contributed by atoms with E-state index in [0.717, 1.165) is 24.3 Å². The Labute approximate surface area is 131 Å². The third-order valence-corrected chi connectivity index (χ3v) is 4.04. The van der Waals surface area contributed by atoms with E-state index in [-0.39, 0.29) is 5.91 Å². The number of ether oxygens (including phenoxy) is 1. The molecule has 0 saturated heterocycles. The van der Waals surface area contributed by atoms with Crippen molar-refractivity contribution in [1.82, 2.24) is 0 Å². The molecule has 3 heteroatoms. The van der Waals surface area contributed by atoms with Gasteiger partial charge in [-0.3, -0.25) is 4.79 Å². The summed E-state index contributed by atoms with van der Waals surface area (Å²) in [6.07, 6.45) is 4.24. The minimum absolute atomic E-state index is 0.135. The number of fused-ring (bicyclic) bond motifs is 1. The van der Waals surface area contributed by atoms with E-state index >= 15 is 0 Å². The molecule has 0 bridgehead atoms. The molecule has 1 amide bonds. The highest BCUT2D eigenvalue weighted by Gasteiger charge is 2.16. The zero-order valence-electron chi connectivity index (χ0n) is 12.8. The number of nitrogens with one attached hydrogen (secondary N) is 1. The Morgan fingerprint density at radius 2 is 1.77 bits per heavy atom. The van der Waals surface area contributed by atoms with E-state index in [9.17, 15) is 4.79 Å². The topological polar surface area (TPSA) is 38.3 Å². The Morgan fingerprint density at radius 3 is 2.55 bits per heavy atom. The highest BCUT2D eigenvalue weighted by atomic mass is 16.5. The van der Waals surface area contributed by atoms with Gasteiger partial charge in [0.25, 0.3) is 5.91 Å². The maximum atomic E-state index is 12.2. The molecule has 3 rings (SSSR count). The maximum absolute atomic E-state index is 12.2. The molecule has 1 N–H and O–H groups in total. The fourth-order valence-electron chi connectivity index (χ4n) is 2.81. The summed E-state index contributed by atoms with van der Waals surface area (Å²) in [5, 5.41) is 2.86. The van der Waals surface area contributed by atoms with E-state index in [1.54, 1.807) is 6.92 Å². The second-order valence-electron chi connectivity index (χ2n) is 5.75. The maximum Gasteiger partial charge on any atom is 0.265 e. The van der Waals surface area contributed by atoms with Gasteiger partial charge >= 0.3 is 0 Å². The summed E-state index contributed by atoms with van der Waals surface area (Å²) in [6, 6.07) is 15.6. The first-order chi connectivity index (χ1) is 10.7. The van der Waals surface area contributed by atoms with Gasteiger partial charge in [0.05, 0.1) is 0 Å². The van der Waals surface area contributed by atoms with Crippen LogP contribution in [-0.4, -0.2) is 12.0 Å². The number of hydrogen-bond acceptors (Lipinski definition) is 2. The molecule has 2 aromatic rings. The predicted molar refractivity (Wildman–Crippen MR) is 88.2 cm³/mol. The van der Waals surface area contributed by atoms with Crippen molar-refractivity contribution < 1.29 is 9.53 Å². The molecule has 0 heterocycles. The number of anilines is 1. The lowest BCUT2D eigenvalue weighted by molar-refractivity contribution is -0.122. The third kappa shape index (κ3) is 3.48. The number of hydrogen-bond donors (Lipinski definition) is 1. The van der Waals surface area contributed by atoms with Gasteiger partial charge < -0.3 is 10.1 Å². The van der Waals surface area contributed by atoms with Crippen molar-refractivity contribution in [2.75, 3.05) is 5.32 Å². The number of para-hydroxylation sites is 1. The molecular weight excluding hydrogens is 274 g/mol. The molecule has 1 atom stereocenters. The predicted octanol–water partition coefficient (Wildman–Crippen LogP) is 3.97. The van der Waals surface area contributed by atoms with Gasteiger partial charge in [-0.15, -0.1) is 0 Å². The van der Waals surface area contributed by atoms with Crippen molar-refractivity contribution in [3.63, 3.8) is 0 Å². The van der Waals surface area contributed by atoms with Gasteiger partial charge in [-0.05, 0) is 68.0 Å². The summed E-state index contributed by atoms with van der Waals surface area (Å²) in [6.45, 7) is 1.78. The van der Waals surface area contributed by atoms with Crippen LogP contribution in [-0.2, 0) is 17.6 Å². The zero-order valence-corrected chi connectivity index (χ0v) is 12.8. The normalized spacial score (nSPS) is 14.8. The van der Waals surface area contributed by atoms with Crippen LogP contribution in [0.3, 0.4) is 0 Å². The molecule has 1 aliphatic rings. The molecule has 2 aromatic carbocycles. The Balaban J connectivity index is 1.63. The second kappa shape index (κ2) is 6.65. The summed E-state index contributed by atoms with van der Waals surface area (Å²) in [4.78, 5) is 12.2. The van der Waals surface area contributed by atoms with E-state index in [1.165, 1.54) is 24.0 Å². The lowest BCUT2D eigenvalue weighted by Crippen LogP contribution is -2.30. The average molecular weight is 295 g/mol. The molecule has 0 radical (unpaired) electrons. The number of benzene rings is 2. The Hall–Kier alpha value is -2.29. The van der Waals surface area contributed by atoms with Crippen LogP contribution in [0.15, 0.2) is 48.5 Å². The molecule has 0 saturated carbocycles. The fraction of sp³-hybridized carbons (Fsp3) is 0.316. The molecule has 1 aliphatic carbocycles. The second-order valence-corrected chi connectivity index (χ2v) is 5.75. The summed E-state index contributed by atoms with van der Waals surface area (Å²) in [7, 11) is 0. The molecule has 0 aromatic heterocycles. The lowest BCUT2D eigenvalue weighted by Gasteiger charge is -2.19. The Morgan fingerprint density at radius 1 is 1.05 bits per heavy atom. The SMILES string of the molecule is CC(Oc1ccc2c(c1)CCCC2)C(=O)Nc1ccccc1. The molecule has 114 valence electrons. The first-order valence-corrected chi connectivity index (χ1v) is 7.87.